The van der Waals surface area contributed by atoms with Crippen molar-refractivity contribution in [2.45, 2.75) is 0 Å². The molecule has 0 aliphatic rings. The van der Waals surface area contributed by atoms with Gasteiger partial charge in [0.05, 0.1) is 5.02 Å². The summed E-state index contributed by atoms with van der Waals surface area (Å²) in [6.07, 6.45) is 0.569. The molecule has 0 amide bonds. The Morgan fingerprint density at radius 2 is 1.81 bits per heavy atom. The number of carboxylic acid groups (broad SMARTS) is 1. The topological polar surface area (TPSA) is 74.6 Å². The molecule has 0 unspecified atom stereocenters. The van der Waals surface area contributed by atoms with Crippen LogP contribution in [0.3, 0.4) is 0 Å². The van der Waals surface area contributed by atoms with Crippen molar-refractivity contribution >= 4 is 40.7 Å². The minimum absolute atomic E-state index is 0.101. The van der Waals surface area contributed by atoms with Crippen molar-refractivity contribution in [2.24, 2.45) is 0 Å². The molecule has 0 aliphatic heterocycles. The van der Waals surface area contributed by atoms with Crippen molar-refractivity contribution in [1.82, 2.24) is 0 Å². The van der Waals surface area contributed by atoms with E-state index >= 15 is 0 Å². The lowest BCUT2D eigenvalue weighted by Crippen LogP contribution is -2.09. The van der Waals surface area contributed by atoms with Crippen LogP contribution in [-0.2, 0) is 9.59 Å². The van der Waals surface area contributed by atoms with Gasteiger partial charge in [0, 0.05) is 16.7 Å². The van der Waals surface area contributed by atoms with Crippen molar-refractivity contribution in [3.8, 4) is 0 Å². The zero-order valence-corrected chi connectivity index (χ0v) is 9.29. The van der Waals surface area contributed by atoms with Gasteiger partial charge in [0.25, 0.3) is 5.78 Å². The van der Waals surface area contributed by atoms with Gasteiger partial charge in [-0.05, 0) is 18.2 Å². The van der Waals surface area contributed by atoms with Crippen LogP contribution >= 0.6 is 23.2 Å². The van der Waals surface area contributed by atoms with Crippen molar-refractivity contribution in [1.29, 1.82) is 0 Å². The summed E-state index contributed by atoms with van der Waals surface area (Å²) in [6.45, 7) is 0. The molecule has 0 fully saturated rings. The maximum absolute atomic E-state index is 10.8. The largest absolute Gasteiger partial charge is 0.507 e. The Kier molecular flexibility index (Phi) is 3.93. The fourth-order valence-electron chi connectivity index (χ4n) is 0.957. The highest BCUT2D eigenvalue weighted by molar-refractivity contribution is 6.39. The number of aliphatic hydroxyl groups is 1. The van der Waals surface area contributed by atoms with Crippen LogP contribution in [0.2, 0.25) is 10.0 Å². The van der Waals surface area contributed by atoms with E-state index in [0.29, 0.717) is 11.1 Å². The van der Waals surface area contributed by atoms with Gasteiger partial charge in [-0.15, -0.1) is 0 Å². The van der Waals surface area contributed by atoms with Crippen LogP contribution in [0.4, 0.5) is 0 Å². The second-order valence-electron chi connectivity index (χ2n) is 2.82. The first kappa shape index (κ1) is 12.5. The fourth-order valence-corrected chi connectivity index (χ4v) is 1.34. The Morgan fingerprint density at radius 1 is 1.19 bits per heavy atom. The van der Waals surface area contributed by atoms with Gasteiger partial charge >= 0.3 is 5.97 Å². The Hall–Kier alpha value is -1.52. The molecule has 84 valence electrons. The minimum atomic E-state index is -1.66. The number of carbonyl (C=O) groups is 2. The molecule has 0 aliphatic carbocycles. The normalized spacial score (nSPS) is 11.2. The highest BCUT2D eigenvalue weighted by Crippen LogP contribution is 2.25. The molecule has 0 saturated carbocycles. The second-order valence-corrected chi connectivity index (χ2v) is 3.67. The van der Waals surface area contributed by atoms with Crippen molar-refractivity contribution in [3.05, 3.63) is 39.9 Å². The van der Waals surface area contributed by atoms with E-state index in [2.05, 4.69) is 0 Å². The third-order valence-electron chi connectivity index (χ3n) is 1.68. The summed E-state index contributed by atoms with van der Waals surface area (Å²) in [5, 5.41) is 18.3. The summed E-state index contributed by atoms with van der Waals surface area (Å²) in [4.78, 5) is 21.1. The smallest absolute Gasteiger partial charge is 0.376 e. The molecule has 0 bridgehead atoms. The molecule has 0 saturated heterocycles. The summed E-state index contributed by atoms with van der Waals surface area (Å²) in [5.41, 5.74) is 0.101. The number of hydrogen-bond acceptors (Lipinski definition) is 3. The van der Waals surface area contributed by atoms with Crippen molar-refractivity contribution in [3.63, 3.8) is 0 Å². The molecule has 2 N–H and O–H groups in total. The molecule has 1 rings (SSSR count). The molecule has 4 nitrogen and oxygen atoms in total. The molecule has 0 aromatic heterocycles. The van der Waals surface area contributed by atoms with Gasteiger partial charge in [-0.3, -0.25) is 4.79 Å². The van der Waals surface area contributed by atoms with Gasteiger partial charge in [0.1, 0.15) is 5.76 Å². The molecular formula is C10H6Cl2O4. The van der Waals surface area contributed by atoms with Crippen LogP contribution in [0.25, 0.3) is 5.76 Å². The maximum Gasteiger partial charge on any atom is 0.376 e. The molecule has 0 radical (unpaired) electrons. The lowest BCUT2D eigenvalue weighted by Gasteiger charge is -2.03. The third-order valence-corrected chi connectivity index (χ3v) is 2.25. The van der Waals surface area contributed by atoms with Crippen LogP contribution in [0, 0.1) is 0 Å². The average Bonchev–Trinajstić information content (AvgIpc) is 2.21. The van der Waals surface area contributed by atoms with E-state index in [9.17, 15) is 14.7 Å². The molecule has 0 heterocycles. The van der Waals surface area contributed by atoms with Crippen LogP contribution in [0.1, 0.15) is 5.56 Å². The van der Waals surface area contributed by atoms with Crippen LogP contribution in [0.5, 0.6) is 0 Å². The van der Waals surface area contributed by atoms with Crippen LogP contribution in [0.15, 0.2) is 24.3 Å². The van der Waals surface area contributed by atoms with Gasteiger partial charge in [-0.2, -0.15) is 0 Å². The number of carbonyl (C=O) groups excluding carboxylic acids is 1. The number of halogens is 2. The first-order chi connectivity index (χ1) is 7.41. The van der Waals surface area contributed by atoms with Gasteiger partial charge in [-0.25, -0.2) is 4.79 Å². The Balaban J connectivity index is 3.14. The van der Waals surface area contributed by atoms with Gasteiger partial charge < -0.3 is 10.2 Å². The quantitative estimate of drug-likeness (QED) is 0.498. The Morgan fingerprint density at radius 3 is 2.38 bits per heavy atom. The zero-order chi connectivity index (χ0) is 12.3. The van der Waals surface area contributed by atoms with E-state index in [1.807, 2.05) is 0 Å². The maximum atomic E-state index is 10.8. The molecule has 16 heavy (non-hydrogen) atoms. The number of aliphatic carboxylic acids is 1. The summed E-state index contributed by atoms with van der Waals surface area (Å²) < 4.78 is 0. The molecule has 1 aromatic rings. The SMILES string of the molecule is O=C(O)C(=O)C=C(O)c1cc(Cl)ccc1Cl. The molecular weight excluding hydrogens is 255 g/mol. The zero-order valence-electron chi connectivity index (χ0n) is 7.78. The van der Waals surface area contributed by atoms with E-state index in [0.717, 1.165) is 0 Å². The number of benzene rings is 1. The Bertz CT molecular complexity index is 480. The molecule has 1 aromatic carbocycles. The van der Waals surface area contributed by atoms with Crippen LogP contribution < -0.4 is 0 Å². The summed E-state index contributed by atoms with van der Waals surface area (Å²) in [7, 11) is 0. The van der Waals surface area contributed by atoms with Crippen molar-refractivity contribution in [2.75, 3.05) is 0 Å². The summed E-state index contributed by atoms with van der Waals surface area (Å²) in [6, 6.07) is 4.25. The standard InChI is InChI=1S/C10H6Cl2O4/c11-5-1-2-7(12)6(3-5)8(13)4-9(14)10(15)16/h1-4,13H,(H,15,16). The average molecular weight is 261 g/mol. The number of rotatable bonds is 3. The van der Waals surface area contributed by atoms with E-state index in [4.69, 9.17) is 28.3 Å². The fraction of sp³-hybridized carbons (Fsp3) is 0. The van der Waals surface area contributed by atoms with Crippen molar-refractivity contribution < 1.29 is 19.8 Å². The van der Waals surface area contributed by atoms with E-state index < -0.39 is 17.5 Å². The highest BCUT2D eigenvalue weighted by atomic mass is 35.5. The number of ketones is 1. The van der Waals surface area contributed by atoms with Gasteiger partial charge in [0.15, 0.2) is 0 Å². The minimum Gasteiger partial charge on any atom is -0.507 e. The monoisotopic (exact) mass is 260 g/mol. The molecule has 6 heteroatoms. The first-order valence-electron chi connectivity index (χ1n) is 4.05. The predicted molar refractivity (Wildman–Crippen MR) is 59.7 cm³/mol. The number of aliphatic hydroxyl groups excluding tert-OH is 1. The highest BCUT2D eigenvalue weighted by Gasteiger charge is 2.12. The summed E-state index contributed by atoms with van der Waals surface area (Å²) in [5.74, 6) is -3.45. The van der Waals surface area contributed by atoms with E-state index in [1.54, 1.807) is 0 Å². The number of hydrogen-bond donors (Lipinski definition) is 2. The van der Waals surface area contributed by atoms with Gasteiger partial charge in [-0.1, -0.05) is 23.2 Å². The van der Waals surface area contributed by atoms with Gasteiger partial charge in [0.2, 0.25) is 0 Å². The lowest BCUT2D eigenvalue weighted by atomic mass is 10.1. The lowest BCUT2D eigenvalue weighted by molar-refractivity contribution is -0.146. The predicted octanol–water partition coefficient (Wildman–Crippen LogP) is 2.55. The Labute approximate surface area is 101 Å². The molecule has 0 atom stereocenters. The number of carboxylic acids is 1. The van der Waals surface area contributed by atoms with E-state index in [1.165, 1.54) is 18.2 Å². The second kappa shape index (κ2) is 5.01. The summed E-state index contributed by atoms with van der Waals surface area (Å²) >= 11 is 11.4. The first-order valence-corrected chi connectivity index (χ1v) is 4.80. The van der Waals surface area contributed by atoms with Crippen LogP contribution in [-0.4, -0.2) is 22.0 Å². The third kappa shape index (κ3) is 2.98. The van der Waals surface area contributed by atoms with E-state index in [-0.39, 0.29) is 10.6 Å². The molecule has 0 spiro atoms.